The molecule has 0 aliphatic carbocycles. The lowest BCUT2D eigenvalue weighted by Gasteiger charge is -2.17. The van der Waals surface area contributed by atoms with Gasteiger partial charge in [0.1, 0.15) is 30.3 Å². The summed E-state index contributed by atoms with van der Waals surface area (Å²) in [7, 11) is 0. The number of hydrogen-bond donors (Lipinski definition) is 7. The molecule has 8 N–H and O–H groups in total. The minimum Gasteiger partial charge on any atom is -0.409 e. The topological polar surface area (TPSA) is 192 Å². The quantitative estimate of drug-likeness (QED) is 0.141. The van der Waals surface area contributed by atoms with E-state index < -0.39 is 31.1 Å². The van der Waals surface area contributed by atoms with Crippen LogP contribution in [0.2, 0.25) is 0 Å². The summed E-state index contributed by atoms with van der Waals surface area (Å²) in [6, 6.07) is 0. The van der Waals surface area contributed by atoms with Crippen molar-refractivity contribution in [1.29, 1.82) is 0 Å². The van der Waals surface area contributed by atoms with Crippen molar-refractivity contribution < 1.29 is 30.5 Å². The van der Waals surface area contributed by atoms with Gasteiger partial charge in [0.15, 0.2) is 17.9 Å². The molecule has 4 unspecified atom stereocenters. The summed E-state index contributed by atoms with van der Waals surface area (Å²) in [6.07, 6.45) is -2.20. The zero-order valence-corrected chi connectivity index (χ0v) is 12.2. The molecule has 0 bridgehead atoms. The number of aromatic nitrogens is 3. The van der Waals surface area contributed by atoms with Gasteiger partial charge in [-0.2, -0.15) is 0 Å². The van der Waals surface area contributed by atoms with Crippen molar-refractivity contribution in [2.75, 3.05) is 12.1 Å². The van der Waals surface area contributed by atoms with E-state index >= 15 is 0 Å². The Kier molecular flexibility index (Phi) is 4.21. The molecule has 4 atom stereocenters. The molecule has 130 valence electrons. The van der Waals surface area contributed by atoms with Crippen LogP contribution in [0.15, 0.2) is 17.7 Å². The van der Waals surface area contributed by atoms with Gasteiger partial charge in [-0.15, -0.1) is 0 Å². The number of anilines is 1. The first kappa shape index (κ1) is 16.4. The van der Waals surface area contributed by atoms with E-state index in [-0.39, 0.29) is 28.3 Å². The first-order valence-electron chi connectivity index (χ1n) is 6.89. The molecule has 1 fully saturated rings. The van der Waals surface area contributed by atoms with Crippen LogP contribution in [0, 0.1) is 0 Å². The van der Waals surface area contributed by atoms with Crippen molar-refractivity contribution in [3.05, 3.63) is 18.1 Å². The van der Waals surface area contributed by atoms with Gasteiger partial charge >= 0.3 is 0 Å². The smallest absolute Gasteiger partial charge is 0.172 e. The maximum Gasteiger partial charge on any atom is 0.172 e. The second-order valence-electron chi connectivity index (χ2n) is 5.20. The van der Waals surface area contributed by atoms with Crippen LogP contribution in [-0.2, 0) is 4.74 Å². The number of ether oxygens (including phenoxy) is 1. The molecule has 0 aromatic carbocycles. The number of rotatable bonds is 4. The molecule has 0 spiro atoms. The van der Waals surface area contributed by atoms with Crippen molar-refractivity contribution in [1.82, 2.24) is 14.5 Å². The first-order valence-corrected chi connectivity index (χ1v) is 6.89. The summed E-state index contributed by atoms with van der Waals surface area (Å²) >= 11 is 0. The number of aliphatic hydroxyl groups is 3. The van der Waals surface area contributed by atoms with Gasteiger partial charge < -0.3 is 35.6 Å². The Labute approximate surface area is 134 Å². The van der Waals surface area contributed by atoms with E-state index in [1.807, 2.05) is 5.48 Å². The molecular weight excluding hydrogens is 324 g/mol. The fourth-order valence-corrected chi connectivity index (χ4v) is 2.72. The SMILES string of the molecule is N/C(=N/O)c1cn(C2OC(CO)C(O)C2O)c2ncnc(NO)c12. The highest BCUT2D eigenvalue weighted by Crippen LogP contribution is 2.34. The zero-order valence-electron chi connectivity index (χ0n) is 12.2. The summed E-state index contributed by atoms with van der Waals surface area (Å²) < 4.78 is 6.80. The fourth-order valence-electron chi connectivity index (χ4n) is 2.72. The average Bonchev–Trinajstić information content (AvgIpc) is 3.12. The molecule has 12 nitrogen and oxygen atoms in total. The third-order valence-electron chi connectivity index (χ3n) is 3.89. The third-order valence-corrected chi connectivity index (χ3v) is 3.89. The van der Waals surface area contributed by atoms with E-state index in [0.29, 0.717) is 0 Å². The first-order chi connectivity index (χ1) is 11.5. The molecular formula is C12H16N6O6. The number of hydrogen-bond acceptors (Lipinski definition) is 10. The molecule has 12 heteroatoms. The molecule has 0 radical (unpaired) electrons. The molecule has 24 heavy (non-hydrogen) atoms. The summed E-state index contributed by atoms with van der Waals surface area (Å²) in [5, 5.41) is 50.6. The van der Waals surface area contributed by atoms with E-state index in [2.05, 4.69) is 15.1 Å². The van der Waals surface area contributed by atoms with Gasteiger partial charge in [-0.1, -0.05) is 5.16 Å². The van der Waals surface area contributed by atoms with Crippen molar-refractivity contribution in [2.24, 2.45) is 10.9 Å². The lowest BCUT2D eigenvalue weighted by molar-refractivity contribution is -0.0508. The molecule has 0 saturated carbocycles. The predicted octanol–water partition coefficient (Wildman–Crippen LogP) is -2.06. The van der Waals surface area contributed by atoms with Crippen LogP contribution < -0.4 is 11.2 Å². The number of aliphatic hydroxyl groups excluding tert-OH is 3. The molecule has 1 aliphatic rings. The van der Waals surface area contributed by atoms with E-state index in [9.17, 15) is 20.5 Å². The second kappa shape index (κ2) is 6.18. The number of amidine groups is 1. The molecule has 1 aliphatic heterocycles. The second-order valence-corrected chi connectivity index (χ2v) is 5.20. The van der Waals surface area contributed by atoms with Crippen molar-refractivity contribution >= 4 is 22.7 Å². The predicted molar refractivity (Wildman–Crippen MR) is 78.5 cm³/mol. The van der Waals surface area contributed by atoms with Crippen LogP contribution in [0.4, 0.5) is 5.82 Å². The zero-order chi connectivity index (χ0) is 17.4. The summed E-state index contributed by atoms with van der Waals surface area (Å²) in [6.45, 7) is -0.487. The van der Waals surface area contributed by atoms with Gasteiger partial charge in [0, 0.05) is 6.20 Å². The Hall–Kier alpha value is -2.51. The van der Waals surface area contributed by atoms with Crippen LogP contribution >= 0.6 is 0 Å². The monoisotopic (exact) mass is 340 g/mol. The van der Waals surface area contributed by atoms with Crippen LogP contribution in [0.1, 0.15) is 11.8 Å². The standard InChI is InChI=1S/C12H16N6O6/c13-9(16-22)4-1-18(11-6(4)10(17-23)14-3-15-11)12-8(21)7(20)5(2-19)24-12/h1,3,5,7-8,12,19-23H,2H2,(H2,13,16)(H,14,15,17). The number of fused-ring (bicyclic) bond motifs is 1. The van der Waals surface area contributed by atoms with Crippen LogP contribution in [-0.4, -0.2) is 71.0 Å². The van der Waals surface area contributed by atoms with Gasteiger partial charge in [0.25, 0.3) is 0 Å². The maximum absolute atomic E-state index is 10.2. The van der Waals surface area contributed by atoms with Crippen molar-refractivity contribution in [3.63, 3.8) is 0 Å². The Morgan fingerprint density at radius 1 is 1.38 bits per heavy atom. The summed E-state index contributed by atoms with van der Waals surface area (Å²) in [5.41, 5.74) is 7.89. The highest BCUT2D eigenvalue weighted by Gasteiger charge is 2.44. The number of nitrogens with two attached hydrogens (primary N) is 1. The van der Waals surface area contributed by atoms with Gasteiger partial charge in [-0.05, 0) is 0 Å². The van der Waals surface area contributed by atoms with Gasteiger partial charge in [0.2, 0.25) is 0 Å². The number of nitrogens with one attached hydrogen (secondary N) is 1. The number of nitrogens with zero attached hydrogens (tertiary/aromatic N) is 4. The van der Waals surface area contributed by atoms with Crippen molar-refractivity contribution in [3.8, 4) is 0 Å². The summed E-state index contributed by atoms with van der Waals surface area (Å²) in [4.78, 5) is 7.89. The van der Waals surface area contributed by atoms with Crippen LogP contribution in [0.25, 0.3) is 11.0 Å². The Morgan fingerprint density at radius 2 is 2.12 bits per heavy atom. The van der Waals surface area contributed by atoms with Crippen LogP contribution in [0.5, 0.6) is 0 Å². The average molecular weight is 340 g/mol. The fraction of sp³-hybridized carbons (Fsp3) is 0.417. The molecule has 2 aromatic rings. The lowest BCUT2D eigenvalue weighted by Crippen LogP contribution is -2.33. The Bertz CT molecular complexity index is 779. The molecule has 3 heterocycles. The molecule has 1 saturated heterocycles. The highest BCUT2D eigenvalue weighted by molar-refractivity contribution is 6.11. The molecule has 2 aromatic heterocycles. The van der Waals surface area contributed by atoms with Crippen molar-refractivity contribution in [2.45, 2.75) is 24.5 Å². The molecule has 3 rings (SSSR count). The van der Waals surface area contributed by atoms with E-state index in [1.165, 1.54) is 10.8 Å². The largest absolute Gasteiger partial charge is 0.409 e. The van der Waals surface area contributed by atoms with Crippen LogP contribution in [0.3, 0.4) is 0 Å². The minimum atomic E-state index is -1.35. The Balaban J connectivity index is 2.20. The van der Waals surface area contributed by atoms with E-state index in [0.717, 1.165) is 6.33 Å². The van der Waals surface area contributed by atoms with Gasteiger partial charge in [-0.25, -0.2) is 9.97 Å². The Morgan fingerprint density at radius 3 is 2.71 bits per heavy atom. The van der Waals surface area contributed by atoms with Gasteiger partial charge in [-0.3, -0.25) is 10.7 Å². The maximum atomic E-state index is 10.2. The van der Waals surface area contributed by atoms with Gasteiger partial charge in [0.05, 0.1) is 17.6 Å². The number of oxime groups is 1. The minimum absolute atomic E-state index is 0.00732. The normalized spacial score (nSPS) is 27.8. The van der Waals surface area contributed by atoms with E-state index in [1.54, 1.807) is 0 Å². The lowest BCUT2D eigenvalue weighted by atomic mass is 10.1. The molecule has 0 amide bonds. The van der Waals surface area contributed by atoms with E-state index in [4.69, 9.17) is 15.7 Å². The third kappa shape index (κ3) is 2.33. The summed E-state index contributed by atoms with van der Waals surface area (Å²) in [5.74, 6) is -0.288. The highest BCUT2D eigenvalue weighted by atomic mass is 16.6.